The largest absolute Gasteiger partial charge is 0.480 e. The smallest absolute Gasteiger partial charge is 0.326 e. The summed E-state index contributed by atoms with van der Waals surface area (Å²) in [4.78, 5) is 13.0. The fourth-order valence-electron chi connectivity index (χ4n) is 1.52. The third-order valence-electron chi connectivity index (χ3n) is 2.58. The molecule has 1 atom stereocenters. The second-order valence-corrected chi connectivity index (χ2v) is 4.91. The number of rotatable bonds is 6. The van der Waals surface area contributed by atoms with Crippen LogP contribution in [0.1, 0.15) is 32.3 Å². The third kappa shape index (κ3) is 5.00. The van der Waals surface area contributed by atoms with E-state index in [4.69, 9.17) is 5.11 Å². The molecule has 91 valence electrons. The zero-order valence-corrected chi connectivity index (χ0v) is 13.9. The van der Waals surface area contributed by atoms with Crippen LogP contribution < -0.4 is 4.90 Å². The summed E-state index contributed by atoms with van der Waals surface area (Å²) in [6.45, 7) is 6.70. The molecule has 5 heteroatoms. The molecular formula is C12H19NNaO2S. The summed E-state index contributed by atoms with van der Waals surface area (Å²) >= 11 is 1.62. The average molecular weight is 264 g/mol. The molecule has 17 heavy (non-hydrogen) atoms. The molecule has 0 amide bonds. The number of nitrogens with zero attached hydrogens (tertiary/aromatic N) is 1. The van der Waals surface area contributed by atoms with Gasteiger partial charge in [0, 0.05) is 36.1 Å². The van der Waals surface area contributed by atoms with E-state index in [1.54, 1.807) is 18.3 Å². The molecule has 0 fully saturated rings. The van der Waals surface area contributed by atoms with Gasteiger partial charge in [-0.1, -0.05) is 13.3 Å². The molecule has 1 heterocycles. The molecular weight excluding hydrogens is 245 g/mol. The van der Waals surface area contributed by atoms with E-state index >= 15 is 0 Å². The number of unbranched alkanes of at least 4 members (excludes halogenated alkanes) is 1. The van der Waals surface area contributed by atoms with E-state index in [-0.39, 0.29) is 29.6 Å². The Morgan fingerprint density at radius 3 is 2.65 bits per heavy atom. The molecule has 1 aromatic rings. The predicted molar refractivity (Wildman–Crippen MR) is 74.2 cm³/mol. The first-order valence-electron chi connectivity index (χ1n) is 5.60. The fourth-order valence-corrected chi connectivity index (χ4v) is 2.54. The number of hydrogen-bond acceptors (Lipinski definition) is 3. The topological polar surface area (TPSA) is 40.5 Å². The summed E-state index contributed by atoms with van der Waals surface area (Å²) in [5.74, 6) is -0.762. The monoisotopic (exact) mass is 264 g/mol. The van der Waals surface area contributed by atoms with Gasteiger partial charge in [0.25, 0.3) is 0 Å². The van der Waals surface area contributed by atoms with E-state index in [1.165, 1.54) is 5.56 Å². The van der Waals surface area contributed by atoms with Crippen molar-refractivity contribution in [2.75, 3.05) is 11.4 Å². The molecule has 1 N–H and O–H groups in total. The second-order valence-electron chi connectivity index (χ2n) is 4.02. The number of aliphatic carboxylic acids is 1. The quantitative estimate of drug-likeness (QED) is 0.803. The molecule has 1 radical (unpaired) electrons. The van der Waals surface area contributed by atoms with Crippen LogP contribution in [0.25, 0.3) is 0 Å². The minimum absolute atomic E-state index is 0. The standard InChI is InChI=1S/C12H19NO2S.Na/c1-4-5-6-13(10(3)12(14)15)11-7-9(2)8-16-11;/h7-8,10H,4-6H2,1-3H3,(H,14,15);/t10-;/m0./s1. The van der Waals surface area contributed by atoms with Crippen LogP contribution in [0.3, 0.4) is 0 Å². The molecule has 0 unspecified atom stereocenters. The number of aryl methyl sites for hydroxylation is 1. The molecule has 0 aliphatic rings. The number of thiophene rings is 1. The van der Waals surface area contributed by atoms with E-state index in [1.807, 2.05) is 11.8 Å². The Hall–Kier alpha value is -0.0300. The number of hydrogen-bond donors (Lipinski definition) is 1. The normalized spacial score (nSPS) is 11.7. The predicted octanol–water partition coefficient (Wildman–Crippen LogP) is 2.76. The van der Waals surface area contributed by atoms with Crippen LogP contribution in [0.2, 0.25) is 0 Å². The van der Waals surface area contributed by atoms with E-state index in [0.29, 0.717) is 0 Å². The van der Waals surface area contributed by atoms with Gasteiger partial charge in [-0.2, -0.15) is 0 Å². The van der Waals surface area contributed by atoms with Crippen molar-refractivity contribution in [1.82, 2.24) is 0 Å². The van der Waals surface area contributed by atoms with Crippen LogP contribution >= 0.6 is 11.3 Å². The van der Waals surface area contributed by atoms with Gasteiger partial charge in [0.05, 0.1) is 5.00 Å². The Balaban J connectivity index is 0.00000256. The van der Waals surface area contributed by atoms with Crippen LogP contribution in [-0.2, 0) is 4.79 Å². The van der Waals surface area contributed by atoms with Crippen molar-refractivity contribution < 1.29 is 9.90 Å². The molecule has 0 saturated carbocycles. The van der Waals surface area contributed by atoms with Crippen molar-refractivity contribution in [2.24, 2.45) is 0 Å². The Morgan fingerprint density at radius 1 is 1.59 bits per heavy atom. The molecule has 0 saturated heterocycles. The van der Waals surface area contributed by atoms with Crippen molar-refractivity contribution in [3.63, 3.8) is 0 Å². The number of anilines is 1. The Labute approximate surface area is 129 Å². The van der Waals surface area contributed by atoms with Gasteiger partial charge in [0.15, 0.2) is 0 Å². The zero-order chi connectivity index (χ0) is 12.1. The Kier molecular flexibility index (Phi) is 8.12. The van der Waals surface area contributed by atoms with E-state index in [0.717, 1.165) is 24.4 Å². The Bertz CT molecular complexity index is 354. The molecule has 3 nitrogen and oxygen atoms in total. The van der Waals surface area contributed by atoms with E-state index in [2.05, 4.69) is 18.4 Å². The van der Waals surface area contributed by atoms with E-state index < -0.39 is 12.0 Å². The number of carboxylic acids is 1. The third-order valence-corrected chi connectivity index (χ3v) is 3.66. The van der Waals surface area contributed by atoms with Crippen molar-refractivity contribution in [1.29, 1.82) is 0 Å². The summed E-state index contributed by atoms with van der Waals surface area (Å²) in [5, 5.41) is 12.2. The molecule has 0 spiro atoms. The first kappa shape index (κ1) is 17.0. The van der Waals surface area contributed by atoms with Gasteiger partial charge in [-0.25, -0.2) is 4.79 Å². The van der Waals surface area contributed by atoms with Crippen LogP contribution in [0.4, 0.5) is 5.00 Å². The summed E-state index contributed by atoms with van der Waals surface area (Å²) in [6.07, 6.45) is 2.10. The van der Waals surface area contributed by atoms with Gasteiger partial charge in [0.1, 0.15) is 6.04 Å². The molecule has 1 aromatic heterocycles. The molecule has 0 aliphatic heterocycles. The van der Waals surface area contributed by atoms with Gasteiger partial charge >= 0.3 is 5.97 Å². The molecule has 0 aliphatic carbocycles. The minimum Gasteiger partial charge on any atom is -0.480 e. The van der Waals surface area contributed by atoms with Gasteiger partial charge in [-0.3, -0.25) is 0 Å². The first-order valence-corrected chi connectivity index (χ1v) is 6.48. The van der Waals surface area contributed by atoms with Crippen molar-refractivity contribution in [3.05, 3.63) is 17.0 Å². The molecule has 0 aromatic carbocycles. The summed E-state index contributed by atoms with van der Waals surface area (Å²) < 4.78 is 0. The van der Waals surface area contributed by atoms with Crippen molar-refractivity contribution >= 4 is 51.9 Å². The van der Waals surface area contributed by atoms with Crippen LogP contribution in [-0.4, -0.2) is 53.2 Å². The SMILES string of the molecule is CCCCN(c1cc(C)cs1)[C@@H](C)C(=O)O.[Na]. The van der Waals surface area contributed by atoms with Crippen LogP contribution in [0.5, 0.6) is 0 Å². The van der Waals surface area contributed by atoms with Gasteiger partial charge < -0.3 is 10.0 Å². The van der Waals surface area contributed by atoms with Gasteiger partial charge in [-0.05, 0) is 37.3 Å². The fraction of sp³-hybridized carbons (Fsp3) is 0.583. The summed E-state index contributed by atoms with van der Waals surface area (Å²) in [6, 6.07) is 1.60. The maximum Gasteiger partial charge on any atom is 0.326 e. The molecule has 1 rings (SSSR count). The average Bonchev–Trinajstić information content (AvgIpc) is 2.65. The Morgan fingerprint density at radius 2 is 2.24 bits per heavy atom. The maximum absolute atomic E-state index is 11.0. The minimum atomic E-state index is -0.762. The number of carboxylic acid groups (broad SMARTS) is 1. The van der Waals surface area contributed by atoms with Gasteiger partial charge in [0.2, 0.25) is 0 Å². The van der Waals surface area contributed by atoms with Gasteiger partial charge in [-0.15, -0.1) is 11.3 Å². The van der Waals surface area contributed by atoms with Crippen molar-refractivity contribution in [3.8, 4) is 0 Å². The second kappa shape index (κ2) is 8.14. The maximum atomic E-state index is 11.0. The van der Waals surface area contributed by atoms with E-state index in [9.17, 15) is 4.79 Å². The number of carbonyl (C=O) groups is 1. The van der Waals surface area contributed by atoms with Crippen LogP contribution in [0.15, 0.2) is 11.4 Å². The van der Waals surface area contributed by atoms with Crippen molar-refractivity contribution in [2.45, 2.75) is 39.7 Å². The summed E-state index contributed by atoms with van der Waals surface area (Å²) in [7, 11) is 0. The summed E-state index contributed by atoms with van der Waals surface area (Å²) in [5.41, 5.74) is 1.19. The molecule has 0 bridgehead atoms. The zero-order valence-electron chi connectivity index (χ0n) is 11.1. The van der Waals surface area contributed by atoms with Crippen LogP contribution in [0, 0.1) is 6.92 Å². The first-order chi connectivity index (χ1) is 7.56.